The summed E-state index contributed by atoms with van der Waals surface area (Å²) < 4.78 is 5.10. The van der Waals surface area contributed by atoms with E-state index in [1.807, 2.05) is 6.07 Å². The van der Waals surface area contributed by atoms with Crippen molar-refractivity contribution in [2.45, 2.75) is 19.4 Å². The summed E-state index contributed by atoms with van der Waals surface area (Å²) in [7, 11) is 3.26. The Morgan fingerprint density at radius 1 is 1.10 bits per heavy atom. The fraction of sp³-hybridized carbons (Fsp3) is 0.318. The largest absolute Gasteiger partial charge is 0.497 e. The molecule has 3 amide bonds. The Hall–Kier alpha value is -3.39. The Kier molecular flexibility index (Phi) is 6.07. The second kappa shape index (κ2) is 8.54. The van der Waals surface area contributed by atoms with Gasteiger partial charge >= 0.3 is 0 Å². The highest BCUT2D eigenvalue weighted by Gasteiger charge is 2.43. The molecule has 0 saturated carbocycles. The fourth-order valence-corrected chi connectivity index (χ4v) is 3.38. The molecule has 1 aliphatic rings. The van der Waals surface area contributed by atoms with Crippen LogP contribution in [0.2, 0.25) is 0 Å². The van der Waals surface area contributed by atoms with Gasteiger partial charge in [-0.2, -0.15) is 0 Å². The van der Waals surface area contributed by atoms with Gasteiger partial charge in [0, 0.05) is 5.69 Å². The maximum atomic E-state index is 13.1. The minimum Gasteiger partial charge on any atom is -0.497 e. The smallest absolute Gasteiger partial charge is 0.250 e. The van der Waals surface area contributed by atoms with Crippen LogP contribution >= 0.6 is 0 Å². The summed E-state index contributed by atoms with van der Waals surface area (Å²) in [6, 6.07) is 14.2. The fourth-order valence-electron chi connectivity index (χ4n) is 3.38. The van der Waals surface area contributed by atoms with Gasteiger partial charge in [0.25, 0.3) is 0 Å². The van der Waals surface area contributed by atoms with E-state index in [4.69, 9.17) is 4.74 Å². The van der Waals surface area contributed by atoms with Crippen LogP contribution in [-0.2, 0) is 14.4 Å². The van der Waals surface area contributed by atoms with Crippen molar-refractivity contribution in [2.75, 3.05) is 42.8 Å². The van der Waals surface area contributed by atoms with E-state index >= 15 is 0 Å². The highest BCUT2D eigenvalue weighted by Crippen LogP contribution is 2.36. The Balaban J connectivity index is 1.65. The summed E-state index contributed by atoms with van der Waals surface area (Å²) in [6.45, 7) is 3.42. The first-order valence-electron chi connectivity index (χ1n) is 9.58. The predicted molar refractivity (Wildman–Crippen MR) is 116 cm³/mol. The Morgan fingerprint density at radius 3 is 2.43 bits per heavy atom. The van der Waals surface area contributed by atoms with E-state index in [-0.39, 0.29) is 30.8 Å². The summed E-state index contributed by atoms with van der Waals surface area (Å²) in [6.07, 6.45) is 0. The zero-order valence-corrected chi connectivity index (χ0v) is 17.6. The van der Waals surface area contributed by atoms with Crippen molar-refractivity contribution in [2.24, 2.45) is 0 Å². The third-order valence-corrected chi connectivity index (χ3v) is 4.95. The average molecular weight is 410 g/mol. The highest BCUT2D eigenvalue weighted by atomic mass is 16.5. The number of carbonyl (C=O) groups excluding carboxylic acids is 3. The molecule has 30 heavy (non-hydrogen) atoms. The van der Waals surface area contributed by atoms with Crippen LogP contribution in [0.4, 0.5) is 17.1 Å². The first-order valence-corrected chi connectivity index (χ1v) is 9.58. The molecule has 0 unspecified atom stereocenters. The van der Waals surface area contributed by atoms with E-state index in [0.717, 1.165) is 0 Å². The van der Waals surface area contributed by atoms with Crippen LogP contribution in [0, 0.1) is 0 Å². The number of rotatable bonds is 6. The number of likely N-dealkylation sites (N-methyl/N-ethyl adjacent to an activating group) is 1. The van der Waals surface area contributed by atoms with Crippen LogP contribution in [0.5, 0.6) is 5.75 Å². The lowest BCUT2D eigenvalue weighted by Gasteiger charge is -2.42. The lowest BCUT2D eigenvalue weighted by molar-refractivity contribution is -0.127. The van der Waals surface area contributed by atoms with Crippen LogP contribution in [0.1, 0.15) is 13.8 Å². The van der Waals surface area contributed by atoms with Gasteiger partial charge in [-0.1, -0.05) is 12.1 Å². The lowest BCUT2D eigenvalue weighted by Crippen LogP contribution is -2.60. The molecular weight excluding hydrogens is 384 g/mol. The first kappa shape index (κ1) is 21.3. The Labute approximate surface area is 175 Å². The van der Waals surface area contributed by atoms with Gasteiger partial charge in [0.15, 0.2) is 0 Å². The molecule has 3 rings (SSSR count). The van der Waals surface area contributed by atoms with Crippen molar-refractivity contribution in [1.82, 2.24) is 4.90 Å². The van der Waals surface area contributed by atoms with Gasteiger partial charge in [-0.3, -0.25) is 24.2 Å². The van der Waals surface area contributed by atoms with Gasteiger partial charge in [0.1, 0.15) is 11.3 Å². The maximum Gasteiger partial charge on any atom is 0.250 e. The monoisotopic (exact) mass is 410 g/mol. The number of anilines is 3. The summed E-state index contributed by atoms with van der Waals surface area (Å²) in [5, 5.41) is 5.63. The zero-order valence-electron chi connectivity index (χ0n) is 17.6. The van der Waals surface area contributed by atoms with Crippen LogP contribution < -0.4 is 20.3 Å². The number of fused-ring (bicyclic) bond motifs is 1. The minimum atomic E-state index is -1.04. The highest BCUT2D eigenvalue weighted by molar-refractivity contribution is 6.14. The number of ether oxygens (including phenoxy) is 1. The molecule has 2 aromatic carbocycles. The molecule has 2 aromatic rings. The van der Waals surface area contributed by atoms with E-state index in [0.29, 0.717) is 22.8 Å². The molecule has 8 heteroatoms. The molecule has 0 aromatic heterocycles. The second-order valence-electron chi connectivity index (χ2n) is 7.71. The number of benzene rings is 2. The third kappa shape index (κ3) is 4.44. The second-order valence-corrected chi connectivity index (χ2v) is 7.71. The first-order chi connectivity index (χ1) is 14.2. The standard InChI is InChI=1S/C22H26N4O4/c1-22(2)21(29)24-17-7-5-6-8-18(17)26(22)20(28)14-25(3)13-19(27)23-15-9-11-16(30-4)12-10-15/h5-12H,13-14H2,1-4H3,(H,23,27)(H,24,29). The molecule has 0 spiro atoms. The van der Waals surface area contributed by atoms with Crippen LogP contribution in [0.3, 0.4) is 0 Å². The van der Waals surface area contributed by atoms with E-state index in [1.54, 1.807) is 75.4 Å². The molecule has 158 valence electrons. The van der Waals surface area contributed by atoms with Gasteiger partial charge in [0.2, 0.25) is 17.7 Å². The molecule has 1 aliphatic heterocycles. The number of para-hydroxylation sites is 2. The Morgan fingerprint density at radius 2 is 1.77 bits per heavy atom. The van der Waals surface area contributed by atoms with Crippen molar-refractivity contribution in [3.63, 3.8) is 0 Å². The summed E-state index contributed by atoms with van der Waals surface area (Å²) in [5.41, 5.74) is 0.832. The maximum absolute atomic E-state index is 13.1. The lowest BCUT2D eigenvalue weighted by atomic mass is 9.96. The van der Waals surface area contributed by atoms with Crippen molar-refractivity contribution in [3.8, 4) is 5.75 Å². The number of hydrogen-bond donors (Lipinski definition) is 2. The molecule has 0 atom stereocenters. The van der Waals surface area contributed by atoms with Crippen LogP contribution in [-0.4, -0.2) is 55.4 Å². The number of amides is 3. The normalized spacial score (nSPS) is 14.7. The molecule has 0 saturated heterocycles. The molecule has 0 fully saturated rings. The van der Waals surface area contributed by atoms with Gasteiger partial charge in [-0.25, -0.2) is 0 Å². The van der Waals surface area contributed by atoms with E-state index < -0.39 is 5.54 Å². The zero-order chi connectivity index (χ0) is 21.9. The molecule has 1 heterocycles. The molecule has 8 nitrogen and oxygen atoms in total. The average Bonchev–Trinajstić information content (AvgIpc) is 2.68. The van der Waals surface area contributed by atoms with E-state index in [1.165, 1.54) is 4.90 Å². The van der Waals surface area contributed by atoms with Crippen LogP contribution in [0.15, 0.2) is 48.5 Å². The van der Waals surface area contributed by atoms with Gasteiger partial charge in [-0.15, -0.1) is 0 Å². The number of nitrogens with zero attached hydrogens (tertiary/aromatic N) is 2. The van der Waals surface area contributed by atoms with Gasteiger partial charge in [0.05, 0.1) is 31.6 Å². The predicted octanol–water partition coefficient (Wildman–Crippen LogP) is 2.33. The third-order valence-electron chi connectivity index (χ3n) is 4.95. The SMILES string of the molecule is COc1ccc(NC(=O)CN(C)CC(=O)N2c3ccccc3NC(=O)C2(C)C)cc1. The quantitative estimate of drug-likeness (QED) is 0.763. The molecule has 2 N–H and O–H groups in total. The minimum absolute atomic E-state index is 0.0128. The Bertz CT molecular complexity index is 956. The van der Waals surface area contributed by atoms with Crippen molar-refractivity contribution in [3.05, 3.63) is 48.5 Å². The van der Waals surface area contributed by atoms with Crippen molar-refractivity contribution in [1.29, 1.82) is 0 Å². The van der Waals surface area contributed by atoms with Crippen molar-refractivity contribution >= 4 is 34.8 Å². The summed E-state index contributed by atoms with van der Waals surface area (Å²) >= 11 is 0. The van der Waals surface area contributed by atoms with Gasteiger partial charge < -0.3 is 15.4 Å². The molecule has 0 aliphatic carbocycles. The van der Waals surface area contributed by atoms with Crippen LogP contribution in [0.25, 0.3) is 0 Å². The number of nitrogens with one attached hydrogen (secondary N) is 2. The summed E-state index contributed by atoms with van der Waals surface area (Å²) in [5.74, 6) is -0.0628. The number of methoxy groups -OCH3 is 1. The van der Waals surface area contributed by atoms with Crippen molar-refractivity contribution < 1.29 is 19.1 Å². The molecular formula is C22H26N4O4. The molecule has 0 radical (unpaired) electrons. The van der Waals surface area contributed by atoms with E-state index in [2.05, 4.69) is 10.6 Å². The number of hydrogen-bond acceptors (Lipinski definition) is 5. The number of carbonyl (C=O) groups is 3. The summed E-state index contributed by atoms with van der Waals surface area (Å²) in [4.78, 5) is 41.1. The molecule has 0 bridgehead atoms. The van der Waals surface area contributed by atoms with Gasteiger partial charge in [-0.05, 0) is 57.3 Å². The van der Waals surface area contributed by atoms with E-state index in [9.17, 15) is 14.4 Å². The topological polar surface area (TPSA) is 91.0 Å².